The molecule has 1 aromatic heterocycles. The number of rotatable bonds is 6. The predicted molar refractivity (Wildman–Crippen MR) is 85.3 cm³/mol. The zero-order chi connectivity index (χ0) is 17.9. The molecule has 130 valence electrons. The first-order valence-corrected chi connectivity index (χ1v) is 7.80. The summed E-state index contributed by atoms with van der Waals surface area (Å²) in [5.74, 6) is -1.27. The van der Waals surface area contributed by atoms with Crippen LogP contribution in [-0.4, -0.2) is 15.6 Å². The summed E-state index contributed by atoms with van der Waals surface area (Å²) in [5, 5.41) is 9.70. The van der Waals surface area contributed by atoms with Gasteiger partial charge in [0.25, 0.3) is 0 Å². The lowest BCUT2D eigenvalue weighted by Gasteiger charge is -2.17. The van der Waals surface area contributed by atoms with Crippen LogP contribution in [0.25, 0.3) is 0 Å². The van der Waals surface area contributed by atoms with E-state index in [2.05, 4.69) is 0 Å². The van der Waals surface area contributed by atoms with Crippen LogP contribution in [0.3, 0.4) is 0 Å². The molecule has 2 aromatic rings. The van der Waals surface area contributed by atoms with Crippen LogP contribution in [-0.2, 0) is 19.1 Å². The standard InChI is InChI=1S/C17H17ClF3NO2/c1-11(10-12-2-4-13(18)5-3-12)8-9-22-14(16(23)24)6-7-15(22)17(19,20)21/h2-7,11H,8-10H2,1H3,(H,23,24). The maximum atomic E-state index is 13.0. The summed E-state index contributed by atoms with van der Waals surface area (Å²) < 4.78 is 39.9. The molecule has 0 aliphatic heterocycles. The second-order valence-electron chi connectivity index (χ2n) is 5.78. The van der Waals surface area contributed by atoms with E-state index in [1.54, 1.807) is 12.1 Å². The summed E-state index contributed by atoms with van der Waals surface area (Å²) in [5.41, 5.74) is -0.242. The van der Waals surface area contributed by atoms with Crippen LogP contribution < -0.4 is 0 Å². The van der Waals surface area contributed by atoms with Crippen molar-refractivity contribution in [3.63, 3.8) is 0 Å². The average molecular weight is 360 g/mol. The number of alkyl halides is 3. The van der Waals surface area contributed by atoms with Crippen molar-refractivity contribution >= 4 is 17.6 Å². The molecule has 1 N–H and O–H groups in total. The summed E-state index contributed by atoms with van der Waals surface area (Å²) in [7, 11) is 0. The summed E-state index contributed by atoms with van der Waals surface area (Å²) in [6.45, 7) is 1.92. The highest BCUT2D eigenvalue weighted by atomic mass is 35.5. The summed E-state index contributed by atoms with van der Waals surface area (Å²) in [4.78, 5) is 11.1. The first kappa shape index (κ1) is 18.4. The van der Waals surface area contributed by atoms with E-state index in [4.69, 9.17) is 16.7 Å². The largest absolute Gasteiger partial charge is 0.477 e. The van der Waals surface area contributed by atoms with Crippen molar-refractivity contribution in [2.24, 2.45) is 5.92 Å². The van der Waals surface area contributed by atoms with Gasteiger partial charge in [-0.2, -0.15) is 13.2 Å². The van der Waals surface area contributed by atoms with E-state index in [0.29, 0.717) is 17.9 Å². The number of carboxylic acid groups (broad SMARTS) is 1. The molecule has 7 heteroatoms. The van der Waals surface area contributed by atoms with E-state index in [1.807, 2.05) is 19.1 Å². The lowest BCUT2D eigenvalue weighted by molar-refractivity contribution is -0.143. The lowest BCUT2D eigenvalue weighted by Crippen LogP contribution is -2.19. The fourth-order valence-electron chi connectivity index (χ4n) is 2.62. The van der Waals surface area contributed by atoms with Gasteiger partial charge < -0.3 is 9.67 Å². The van der Waals surface area contributed by atoms with Gasteiger partial charge >= 0.3 is 12.1 Å². The second-order valence-corrected chi connectivity index (χ2v) is 6.22. The van der Waals surface area contributed by atoms with Crippen LogP contribution >= 0.6 is 11.6 Å². The van der Waals surface area contributed by atoms with Crippen LogP contribution in [0.4, 0.5) is 13.2 Å². The first-order chi connectivity index (χ1) is 11.2. The van der Waals surface area contributed by atoms with Crippen molar-refractivity contribution in [3.05, 3.63) is 58.4 Å². The van der Waals surface area contributed by atoms with E-state index in [-0.39, 0.29) is 18.2 Å². The molecule has 3 nitrogen and oxygen atoms in total. The number of carboxylic acids is 1. The van der Waals surface area contributed by atoms with Gasteiger partial charge in [0.15, 0.2) is 0 Å². The molecule has 2 rings (SSSR count). The molecular weight excluding hydrogens is 343 g/mol. The van der Waals surface area contributed by atoms with Crippen LogP contribution in [0.15, 0.2) is 36.4 Å². The van der Waals surface area contributed by atoms with Crippen molar-refractivity contribution < 1.29 is 23.1 Å². The van der Waals surface area contributed by atoms with Crippen LogP contribution in [0.1, 0.15) is 35.1 Å². The number of carbonyl (C=O) groups is 1. The minimum atomic E-state index is -4.58. The molecule has 24 heavy (non-hydrogen) atoms. The van der Waals surface area contributed by atoms with E-state index < -0.39 is 17.8 Å². The van der Waals surface area contributed by atoms with Gasteiger partial charge in [-0.3, -0.25) is 0 Å². The Balaban J connectivity index is 2.09. The quantitative estimate of drug-likeness (QED) is 0.777. The number of hydrogen-bond donors (Lipinski definition) is 1. The predicted octanol–water partition coefficient (Wildman–Crippen LogP) is 5.13. The Hall–Kier alpha value is -1.95. The van der Waals surface area contributed by atoms with E-state index in [1.165, 1.54) is 0 Å². The highest BCUT2D eigenvalue weighted by Crippen LogP contribution is 2.31. The SMILES string of the molecule is CC(CCn1c(C(=O)O)ccc1C(F)(F)F)Cc1ccc(Cl)cc1. The Morgan fingerprint density at radius 2 is 1.83 bits per heavy atom. The number of aromatic nitrogens is 1. The molecule has 0 aliphatic rings. The summed E-state index contributed by atoms with van der Waals surface area (Å²) in [6.07, 6.45) is -3.46. The zero-order valence-electron chi connectivity index (χ0n) is 13.0. The Labute approximate surface area is 142 Å². The van der Waals surface area contributed by atoms with Crippen molar-refractivity contribution in [3.8, 4) is 0 Å². The molecule has 0 aliphatic carbocycles. The fraction of sp³-hybridized carbons (Fsp3) is 0.353. The highest BCUT2D eigenvalue weighted by Gasteiger charge is 2.36. The van der Waals surface area contributed by atoms with Crippen LogP contribution in [0.5, 0.6) is 0 Å². The van der Waals surface area contributed by atoms with Gasteiger partial charge in [-0.25, -0.2) is 4.79 Å². The molecule has 0 bridgehead atoms. The molecule has 1 unspecified atom stereocenters. The topological polar surface area (TPSA) is 42.2 Å². The van der Waals surface area contributed by atoms with Gasteiger partial charge in [0.1, 0.15) is 11.4 Å². The molecule has 0 radical (unpaired) electrons. The average Bonchev–Trinajstić information content (AvgIpc) is 2.92. The van der Waals surface area contributed by atoms with Crippen molar-refractivity contribution in [2.45, 2.75) is 32.5 Å². The van der Waals surface area contributed by atoms with Crippen molar-refractivity contribution in [2.75, 3.05) is 0 Å². The fourth-order valence-corrected chi connectivity index (χ4v) is 2.74. The van der Waals surface area contributed by atoms with Gasteiger partial charge in [0, 0.05) is 11.6 Å². The highest BCUT2D eigenvalue weighted by molar-refractivity contribution is 6.30. The van der Waals surface area contributed by atoms with Gasteiger partial charge in [-0.05, 0) is 48.6 Å². The molecule has 1 aromatic carbocycles. The lowest BCUT2D eigenvalue weighted by atomic mass is 9.98. The minimum absolute atomic E-state index is 0.00175. The Morgan fingerprint density at radius 1 is 1.21 bits per heavy atom. The monoisotopic (exact) mass is 359 g/mol. The third-order valence-corrected chi connectivity index (χ3v) is 4.09. The minimum Gasteiger partial charge on any atom is -0.477 e. The number of hydrogen-bond acceptors (Lipinski definition) is 1. The van der Waals surface area contributed by atoms with Crippen LogP contribution in [0.2, 0.25) is 5.02 Å². The zero-order valence-corrected chi connectivity index (χ0v) is 13.7. The maximum absolute atomic E-state index is 13.0. The summed E-state index contributed by atoms with van der Waals surface area (Å²) >= 11 is 5.82. The van der Waals surface area contributed by atoms with Gasteiger partial charge in [-0.15, -0.1) is 0 Å². The molecule has 0 amide bonds. The smallest absolute Gasteiger partial charge is 0.431 e. The molecule has 0 saturated carbocycles. The van der Waals surface area contributed by atoms with Gasteiger partial charge in [0.05, 0.1) is 0 Å². The second kappa shape index (κ2) is 7.30. The Morgan fingerprint density at radius 3 is 2.38 bits per heavy atom. The molecule has 0 fully saturated rings. The molecule has 1 atom stereocenters. The molecule has 0 saturated heterocycles. The number of aromatic carboxylic acids is 1. The molecule has 0 spiro atoms. The molecular formula is C17H17ClF3NO2. The number of benzene rings is 1. The third-order valence-electron chi connectivity index (χ3n) is 3.83. The Bertz CT molecular complexity index is 708. The Kier molecular flexibility index (Phi) is 5.59. The first-order valence-electron chi connectivity index (χ1n) is 7.43. The number of nitrogens with zero attached hydrogens (tertiary/aromatic N) is 1. The van der Waals surface area contributed by atoms with Crippen LogP contribution in [0, 0.1) is 5.92 Å². The maximum Gasteiger partial charge on any atom is 0.431 e. The summed E-state index contributed by atoms with van der Waals surface area (Å²) in [6, 6.07) is 9.08. The van der Waals surface area contributed by atoms with Crippen molar-refractivity contribution in [1.82, 2.24) is 4.57 Å². The normalized spacial score (nSPS) is 13.0. The number of halogens is 4. The van der Waals surface area contributed by atoms with E-state index in [0.717, 1.165) is 22.3 Å². The van der Waals surface area contributed by atoms with E-state index in [9.17, 15) is 18.0 Å². The molecule has 1 heterocycles. The van der Waals surface area contributed by atoms with Gasteiger partial charge in [0.2, 0.25) is 0 Å². The van der Waals surface area contributed by atoms with Gasteiger partial charge in [-0.1, -0.05) is 30.7 Å². The van der Waals surface area contributed by atoms with Crippen molar-refractivity contribution in [1.29, 1.82) is 0 Å². The third kappa shape index (κ3) is 4.54. The van der Waals surface area contributed by atoms with E-state index >= 15 is 0 Å².